The Labute approximate surface area is 127 Å². The van der Waals surface area contributed by atoms with E-state index in [4.69, 9.17) is 0 Å². The molecule has 1 heterocycles. The lowest BCUT2D eigenvalue weighted by Crippen LogP contribution is -2.35. The smallest absolute Gasteiger partial charge is 0.241 e. The molecule has 1 saturated heterocycles. The molecule has 3 atom stereocenters. The molecule has 1 aliphatic heterocycles. The van der Waals surface area contributed by atoms with Gasteiger partial charge >= 0.3 is 0 Å². The first-order chi connectivity index (χ1) is 10.2. The second-order valence-electron chi connectivity index (χ2n) is 6.63. The molecule has 0 spiro atoms. The van der Waals surface area contributed by atoms with Crippen LogP contribution in [0.1, 0.15) is 51.3 Å². The van der Waals surface area contributed by atoms with Crippen molar-refractivity contribution in [3.63, 3.8) is 0 Å². The highest BCUT2D eigenvalue weighted by molar-refractivity contribution is 5.84. The van der Waals surface area contributed by atoms with Crippen LogP contribution in [0.15, 0.2) is 30.3 Å². The SMILES string of the molecule is CCCC1NC(c2ccccc2)N(CC(C)C2CC2)C1=O. The van der Waals surface area contributed by atoms with Crippen molar-refractivity contribution >= 4 is 5.91 Å². The van der Waals surface area contributed by atoms with Gasteiger partial charge in [-0.3, -0.25) is 10.1 Å². The van der Waals surface area contributed by atoms with Gasteiger partial charge in [-0.05, 0) is 36.7 Å². The van der Waals surface area contributed by atoms with Crippen LogP contribution in [0.4, 0.5) is 0 Å². The fraction of sp³-hybridized carbons (Fsp3) is 0.611. The standard InChI is InChI=1S/C18H26N2O/c1-3-7-16-18(21)20(12-13(2)14-10-11-14)17(19-16)15-8-5-4-6-9-15/h4-6,8-9,13-14,16-17,19H,3,7,10-12H2,1-2H3. The summed E-state index contributed by atoms with van der Waals surface area (Å²) in [7, 11) is 0. The zero-order valence-corrected chi connectivity index (χ0v) is 13.1. The summed E-state index contributed by atoms with van der Waals surface area (Å²) in [6.45, 7) is 5.32. The number of carbonyl (C=O) groups excluding carboxylic acids is 1. The summed E-state index contributed by atoms with van der Waals surface area (Å²) in [5, 5.41) is 3.55. The lowest BCUT2D eigenvalue weighted by molar-refractivity contribution is -0.130. The number of hydrogen-bond donors (Lipinski definition) is 1. The number of hydrogen-bond acceptors (Lipinski definition) is 2. The average molecular weight is 286 g/mol. The number of nitrogens with zero attached hydrogens (tertiary/aromatic N) is 1. The molecule has 2 fully saturated rings. The van der Waals surface area contributed by atoms with Crippen LogP contribution in [0.25, 0.3) is 0 Å². The first kappa shape index (κ1) is 14.6. The summed E-state index contributed by atoms with van der Waals surface area (Å²) in [4.78, 5) is 14.8. The predicted octanol–water partition coefficient (Wildman–Crippen LogP) is 3.33. The topological polar surface area (TPSA) is 32.3 Å². The van der Waals surface area contributed by atoms with E-state index in [1.54, 1.807) is 0 Å². The maximum atomic E-state index is 12.7. The predicted molar refractivity (Wildman–Crippen MR) is 84.6 cm³/mol. The molecule has 0 bridgehead atoms. The molecule has 114 valence electrons. The molecule has 3 rings (SSSR count). The molecule has 21 heavy (non-hydrogen) atoms. The minimum Gasteiger partial charge on any atom is -0.321 e. The van der Waals surface area contributed by atoms with Gasteiger partial charge in [-0.25, -0.2) is 0 Å². The Morgan fingerprint density at radius 3 is 2.62 bits per heavy atom. The number of rotatable bonds is 6. The zero-order chi connectivity index (χ0) is 14.8. The molecule has 1 aromatic rings. The van der Waals surface area contributed by atoms with Crippen LogP contribution >= 0.6 is 0 Å². The Morgan fingerprint density at radius 2 is 2.00 bits per heavy atom. The number of amides is 1. The summed E-state index contributed by atoms with van der Waals surface area (Å²) in [5.74, 6) is 1.74. The monoisotopic (exact) mass is 286 g/mol. The van der Waals surface area contributed by atoms with Gasteiger partial charge in [0.15, 0.2) is 0 Å². The van der Waals surface area contributed by atoms with Crippen molar-refractivity contribution in [1.29, 1.82) is 0 Å². The highest BCUT2D eigenvalue weighted by Crippen LogP contribution is 2.38. The van der Waals surface area contributed by atoms with Gasteiger partial charge in [0.25, 0.3) is 0 Å². The van der Waals surface area contributed by atoms with Gasteiger partial charge < -0.3 is 4.90 Å². The van der Waals surface area contributed by atoms with Crippen molar-refractivity contribution < 1.29 is 4.79 Å². The normalized spacial score (nSPS) is 27.1. The number of nitrogens with one attached hydrogen (secondary N) is 1. The molecule has 3 unspecified atom stereocenters. The van der Waals surface area contributed by atoms with Crippen LogP contribution in [-0.4, -0.2) is 23.4 Å². The third-order valence-electron chi connectivity index (χ3n) is 4.86. The van der Waals surface area contributed by atoms with E-state index in [2.05, 4.69) is 48.3 Å². The lowest BCUT2D eigenvalue weighted by atomic mass is 10.0. The van der Waals surface area contributed by atoms with Crippen LogP contribution in [0.3, 0.4) is 0 Å². The quantitative estimate of drug-likeness (QED) is 0.870. The molecule has 1 aliphatic carbocycles. The minimum absolute atomic E-state index is 0.00777. The van der Waals surface area contributed by atoms with E-state index in [1.807, 2.05) is 6.07 Å². The molecule has 2 aliphatic rings. The highest BCUT2D eigenvalue weighted by atomic mass is 16.2. The molecule has 3 heteroatoms. The molecule has 1 aromatic carbocycles. The number of carbonyl (C=O) groups is 1. The van der Waals surface area contributed by atoms with Crippen molar-refractivity contribution in [1.82, 2.24) is 10.2 Å². The third kappa shape index (κ3) is 3.13. The maximum absolute atomic E-state index is 12.7. The summed E-state index contributed by atoms with van der Waals surface area (Å²) in [5.41, 5.74) is 1.20. The Bertz CT molecular complexity index is 483. The lowest BCUT2D eigenvalue weighted by Gasteiger charge is -2.27. The summed E-state index contributed by atoms with van der Waals surface area (Å²) in [6, 6.07) is 10.4. The van der Waals surface area contributed by atoms with E-state index >= 15 is 0 Å². The van der Waals surface area contributed by atoms with Crippen molar-refractivity contribution in [2.24, 2.45) is 11.8 Å². The Hall–Kier alpha value is -1.35. The molecular formula is C18H26N2O. The van der Waals surface area contributed by atoms with Gasteiger partial charge in [0.1, 0.15) is 6.17 Å². The van der Waals surface area contributed by atoms with Crippen molar-refractivity contribution in [3.05, 3.63) is 35.9 Å². The van der Waals surface area contributed by atoms with Gasteiger partial charge in [-0.2, -0.15) is 0 Å². The second kappa shape index (κ2) is 6.18. The molecule has 0 aromatic heterocycles. The van der Waals surface area contributed by atoms with E-state index in [9.17, 15) is 4.79 Å². The van der Waals surface area contributed by atoms with Gasteiger partial charge in [0.05, 0.1) is 6.04 Å². The first-order valence-corrected chi connectivity index (χ1v) is 8.32. The van der Waals surface area contributed by atoms with E-state index < -0.39 is 0 Å². The molecule has 3 nitrogen and oxygen atoms in total. The van der Waals surface area contributed by atoms with Crippen LogP contribution in [0.2, 0.25) is 0 Å². The molecular weight excluding hydrogens is 260 g/mol. The van der Waals surface area contributed by atoms with Crippen molar-refractivity contribution in [2.45, 2.75) is 51.7 Å². The van der Waals surface area contributed by atoms with E-state index in [0.717, 1.165) is 25.3 Å². The fourth-order valence-electron chi connectivity index (χ4n) is 3.41. The van der Waals surface area contributed by atoms with Gasteiger partial charge in [-0.1, -0.05) is 50.6 Å². The van der Waals surface area contributed by atoms with Crippen molar-refractivity contribution in [2.75, 3.05) is 6.54 Å². The van der Waals surface area contributed by atoms with Crippen LogP contribution in [0, 0.1) is 11.8 Å². The molecule has 0 radical (unpaired) electrons. The third-order valence-corrected chi connectivity index (χ3v) is 4.86. The highest BCUT2D eigenvalue weighted by Gasteiger charge is 2.41. The van der Waals surface area contributed by atoms with E-state index in [0.29, 0.717) is 11.8 Å². The van der Waals surface area contributed by atoms with Gasteiger partial charge in [0.2, 0.25) is 5.91 Å². The fourth-order valence-corrected chi connectivity index (χ4v) is 3.41. The first-order valence-electron chi connectivity index (χ1n) is 8.32. The Kier molecular flexibility index (Phi) is 4.29. The van der Waals surface area contributed by atoms with Gasteiger partial charge in [0, 0.05) is 6.54 Å². The number of benzene rings is 1. The zero-order valence-electron chi connectivity index (χ0n) is 13.1. The Morgan fingerprint density at radius 1 is 1.29 bits per heavy atom. The average Bonchev–Trinajstić information content (AvgIpc) is 3.30. The summed E-state index contributed by atoms with van der Waals surface area (Å²) in [6.07, 6.45) is 4.69. The van der Waals surface area contributed by atoms with E-state index in [-0.39, 0.29) is 12.2 Å². The molecule has 1 amide bonds. The maximum Gasteiger partial charge on any atom is 0.241 e. The summed E-state index contributed by atoms with van der Waals surface area (Å²) < 4.78 is 0. The minimum atomic E-state index is -0.00777. The van der Waals surface area contributed by atoms with Crippen molar-refractivity contribution in [3.8, 4) is 0 Å². The van der Waals surface area contributed by atoms with Gasteiger partial charge in [-0.15, -0.1) is 0 Å². The molecule has 1 N–H and O–H groups in total. The van der Waals surface area contributed by atoms with Crippen LogP contribution < -0.4 is 5.32 Å². The largest absolute Gasteiger partial charge is 0.321 e. The second-order valence-corrected chi connectivity index (χ2v) is 6.63. The van der Waals surface area contributed by atoms with Crippen LogP contribution in [-0.2, 0) is 4.79 Å². The molecule has 1 saturated carbocycles. The summed E-state index contributed by atoms with van der Waals surface area (Å²) >= 11 is 0. The Balaban J connectivity index is 1.78. The van der Waals surface area contributed by atoms with Crippen LogP contribution in [0.5, 0.6) is 0 Å². The van der Waals surface area contributed by atoms with E-state index in [1.165, 1.54) is 18.4 Å².